The highest BCUT2D eigenvalue weighted by molar-refractivity contribution is 5.33. The predicted molar refractivity (Wildman–Crippen MR) is 72.7 cm³/mol. The van der Waals surface area contributed by atoms with Crippen LogP contribution in [0.15, 0.2) is 35.1 Å². The van der Waals surface area contributed by atoms with Crippen LogP contribution in [0.4, 0.5) is 5.82 Å². The van der Waals surface area contributed by atoms with E-state index in [2.05, 4.69) is 31.2 Å². The minimum atomic E-state index is 0.380. The van der Waals surface area contributed by atoms with Crippen LogP contribution in [0.1, 0.15) is 39.0 Å². The number of aromatic nitrogens is 2. The summed E-state index contributed by atoms with van der Waals surface area (Å²) in [5.41, 5.74) is 0. The summed E-state index contributed by atoms with van der Waals surface area (Å²) >= 11 is 0. The zero-order valence-corrected chi connectivity index (χ0v) is 11.3. The van der Waals surface area contributed by atoms with E-state index < -0.39 is 0 Å². The molecule has 2 rings (SSSR count). The standard InChI is InChI=1S/C14H21N3O/c1-11(2)17-9-8-14(16-17)15-12(3)6-7-13-5-4-10-18-13/h4-5,8-12H,6-7H2,1-3H3,(H,15,16). The summed E-state index contributed by atoms with van der Waals surface area (Å²) < 4.78 is 7.28. The molecule has 1 atom stereocenters. The van der Waals surface area contributed by atoms with E-state index >= 15 is 0 Å². The van der Waals surface area contributed by atoms with Gasteiger partial charge in [-0.25, -0.2) is 0 Å². The van der Waals surface area contributed by atoms with E-state index in [0.29, 0.717) is 12.1 Å². The second kappa shape index (κ2) is 5.76. The maximum Gasteiger partial charge on any atom is 0.148 e. The molecule has 18 heavy (non-hydrogen) atoms. The van der Waals surface area contributed by atoms with Crippen LogP contribution in [-0.4, -0.2) is 15.8 Å². The average molecular weight is 247 g/mol. The Morgan fingerprint density at radius 1 is 1.33 bits per heavy atom. The van der Waals surface area contributed by atoms with Crippen LogP contribution >= 0.6 is 0 Å². The van der Waals surface area contributed by atoms with Gasteiger partial charge in [0.05, 0.1) is 6.26 Å². The Morgan fingerprint density at radius 2 is 2.17 bits per heavy atom. The first-order valence-electron chi connectivity index (χ1n) is 6.49. The zero-order valence-electron chi connectivity index (χ0n) is 11.3. The van der Waals surface area contributed by atoms with Gasteiger partial charge in [0.1, 0.15) is 11.6 Å². The molecule has 0 fully saturated rings. The molecule has 1 N–H and O–H groups in total. The number of nitrogens with one attached hydrogen (secondary N) is 1. The Morgan fingerprint density at radius 3 is 2.78 bits per heavy atom. The predicted octanol–water partition coefficient (Wildman–Crippen LogP) is 3.49. The fourth-order valence-corrected chi connectivity index (χ4v) is 1.84. The molecule has 2 aromatic heterocycles. The average Bonchev–Trinajstić information content (AvgIpc) is 2.96. The topological polar surface area (TPSA) is 43.0 Å². The largest absolute Gasteiger partial charge is 0.469 e. The molecule has 0 bridgehead atoms. The first-order valence-corrected chi connectivity index (χ1v) is 6.49. The van der Waals surface area contributed by atoms with Gasteiger partial charge in [0.15, 0.2) is 0 Å². The first-order chi connectivity index (χ1) is 8.65. The number of hydrogen-bond acceptors (Lipinski definition) is 3. The maximum absolute atomic E-state index is 5.32. The lowest BCUT2D eigenvalue weighted by atomic mass is 10.1. The number of nitrogens with zero attached hydrogens (tertiary/aromatic N) is 2. The Bertz CT molecular complexity index is 459. The van der Waals surface area contributed by atoms with Crippen molar-refractivity contribution in [1.29, 1.82) is 0 Å². The van der Waals surface area contributed by atoms with Gasteiger partial charge in [0.25, 0.3) is 0 Å². The molecule has 0 aliphatic carbocycles. The third kappa shape index (κ3) is 3.39. The van der Waals surface area contributed by atoms with E-state index in [-0.39, 0.29) is 0 Å². The van der Waals surface area contributed by atoms with Crippen molar-refractivity contribution in [2.75, 3.05) is 5.32 Å². The molecule has 0 saturated carbocycles. The van der Waals surface area contributed by atoms with Crippen molar-refractivity contribution in [3.05, 3.63) is 36.4 Å². The van der Waals surface area contributed by atoms with Gasteiger partial charge in [0, 0.05) is 30.8 Å². The monoisotopic (exact) mass is 247 g/mol. The quantitative estimate of drug-likeness (QED) is 0.849. The zero-order chi connectivity index (χ0) is 13.0. The minimum absolute atomic E-state index is 0.380. The van der Waals surface area contributed by atoms with Gasteiger partial charge >= 0.3 is 0 Å². The maximum atomic E-state index is 5.32. The molecule has 0 saturated heterocycles. The molecule has 0 spiro atoms. The van der Waals surface area contributed by atoms with Crippen LogP contribution in [0.2, 0.25) is 0 Å². The van der Waals surface area contributed by atoms with Gasteiger partial charge in [-0.15, -0.1) is 0 Å². The SMILES string of the molecule is CC(CCc1ccco1)Nc1ccn(C(C)C)n1. The Balaban J connectivity index is 1.81. The fourth-order valence-electron chi connectivity index (χ4n) is 1.84. The molecule has 0 aliphatic heterocycles. The van der Waals surface area contributed by atoms with Crippen LogP contribution < -0.4 is 5.32 Å². The highest BCUT2D eigenvalue weighted by atomic mass is 16.3. The van der Waals surface area contributed by atoms with Crippen LogP contribution in [0, 0.1) is 0 Å². The van der Waals surface area contributed by atoms with E-state index in [1.54, 1.807) is 6.26 Å². The summed E-state index contributed by atoms with van der Waals surface area (Å²) in [5, 5.41) is 7.88. The molecule has 0 radical (unpaired) electrons. The number of anilines is 1. The second-order valence-corrected chi connectivity index (χ2v) is 4.94. The molecular weight excluding hydrogens is 226 g/mol. The van der Waals surface area contributed by atoms with Crippen molar-refractivity contribution in [3.8, 4) is 0 Å². The summed E-state index contributed by atoms with van der Waals surface area (Å²) in [6.45, 7) is 6.41. The third-order valence-corrected chi connectivity index (χ3v) is 2.94. The molecule has 2 aromatic rings. The van der Waals surface area contributed by atoms with Crippen molar-refractivity contribution in [2.45, 2.75) is 45.7 Å². The van der Waals surface area contributed by atoms with Gasteiger partial charge in [0.2, 0.25) is 0 Å². The van der Waals surface area contributed by atoms with Gasteiger partial charge in [-0.2, -0.15) is 5.10 Å². The summed E-state index contributed by atoms with van der Waals surface area (Å²) in [6.07, 6.45) is 5.71. The van der Waals surface area contributed by atoms with E-state index in [9.17, 15) is 0 Å². The van der Waals surface area contributed by atoms with E-state index in [1.165, 1.54) is 0 Å². The summed E-state index contributed by atoms with van der Waals surface area (Å²) in [6, 6.07) is 6.74. The number of aryl methyl sites for hydroxylation is 1. The molecule has 2 heterocycles. The Labute approximate surface area is 108 Å². The fraction of sp³-hybridized carbons (Fsp3) is 0.500. The van der Waals surface area contributed by atoms with E-state index in [4.69, 9.17) is 4.42 Å². The van der Waals surface area contributed by atoms with Gasteiger partial charge < -0.3 is 9.73 Å². The van der Waals surface area contributed by atoms with Crippen LogP contribution in [0.3, 0.4) is 0 Å². The third-order valence-electron chi connectivity index (χ3n) is 2.94. The summed E-state index contributed by atoms with van der Waals surface area (Å²) in [4.78, 5) is 0. The first kappa shape index (κ1) is 12.7. The molecule has 4 heteroatoms. The lowest BCUT2D eigenvalue weighted by molar-refractivity contribution is 0.494. The lowest BCUT2D eigenvalue weighted by Crippen LogP contribution is -2.16. The van der Waals surface area contributed by atoms with Crippen molar-refractivity contribution < 1.29 is 4.42 Å². The smallest absolute Gasteiger partial charge is 0.148 e. The lowest BCUT2D eigenvalue weighted by Gasteiger charge is -2.12. The molecular formula is C14H21N3O. The normalized spacial score (nSPS) is 12.9. The molecule has 4 nitrogen and oxygen atoms in total. The molecule has 0 amide bonds. The number of furan rings is 1. The van der Waals surface area contributed by atoms with E-state index in [1.807, 2.05) is 29.1 Å². The van der Waals surface area contributed by atoms with Crippen LogP contribution in [0.25, 0.3) is 0 Å². The van der Waals surface area contributed by atoms with Crippen molar-refractivity contribution in [3.63, 3.8) is 0 Å². The van der Waals surface area contributed by atoms with Crippen molar-refractivity contribution in [2.24, 2.45) is 0 Å². The Hall–Kier alpha value is -1.71. The van der Waals surface area contributed by atoms with Gasteiger partial charge in [-0.1, -0.05) is 0 Å². The number of rotatable bonds is 6. The van der Waals surface area contributed by atoms with E-state index in [0.717, 1.165) is 24.4 Å². The summed E-state index contributed by atoms with van der Waals surface area (Å²) in [5.74, 6) is 1.98. The molecule has 0 aromatic carbocycles. The van der Waals surface area contributed by atoms with Crippen molar-refractivity contribution in [1.82, 2.24) is 9.78 Å². The second-order valence-electron chi connectivity index (χ2n) is 4.94. The van der Waals surface area contributed by atoms with Crippen molar-refractivity contribution >= 4 is 5.82 Å². The molecule has 98 valence electrons. The molecule has 1 unspecified atom stereocenters. The van der Waals surface area contributed by atoms with Gasteiger partial charge in [-0.05, 0) is 39.3 Å². The molecule has 0 aliphatic rings. The summed E-state index contributed by atoms with van der Waals surface area (Å²) in [7, 11) is 0. The van der Waals surface area contributed by atoms with Crippen LogP contribution in [0.5, 0.6) is 0 Å². The Kier molecular flexibility index (Phi) is 4.07. The highest BCUT2D eigenvalue weighted by Crippen LogP contribution is 2.12. The van der Waals surface area contributed by atoms with Gasteiger partial charge in [-0.3, -0.25) is 4.68 Å². The van der Waals surface area contributed by atoms with Crippen LogP contribution in [-0.2, 0) is 6.42 Å². The minimum Gasteiger partial charge on any atom is -0.469 e. The highest BCUT2D eigenvalue weighted by Gasteiger charge is 2.07. The number of hydrogen-bond donors (Lipinski definition) is 1.